The van der Waals surface area contributed by atoms with Gasteiger partial charge < -0.3 is 14.6 Å². The number of hydrogen-bond acceptors (Lipinski definition) is 3. The third kappa shape index (κ3) is 4.11. The zero-order valence-corrected chi connectivity index (χ0v) is 16.8. The van der Waals surface area contributed by atoms with Gasteiger partial charge >= 0.3 is 0 Å². The molecule has 0 atom stereocenters. The van der Waals surface area contributed by atoms with Crippen LogP contribution < -0.4 is 10.2 Å². The number of halogens is 1. The van der Waals surface area contributed by atoms with Crippen molar-refractivity contribution in [1.82, 2.24) is 0 Å². The maximum atomic E-state index is 12.8. The van der Waals surface area contributed by atoms with Gasteiger partial charge in [0.2, 0.25) is 0 Å². The molecule has 6 heteroatoms. The zero-order chi connectivity index (χ0) is 19.6. The minimum absolute atomic E-state index is 0.189. The summed E-state index contributed by atoms with van der Waals surface area (Å²) in [4.78, 5) is 26.9. The molecule has 3 aromatic rings. The lowest BCUT2D eigenvalue weighted by atomic mass is 10.1. The summed E-state index contributed by atoms with van der Waals surface area (Å²) in [6.07, 6.45) is 0. The molecule has 0 fully saturated rings. The van der Waals surface area contributed by atoms with E-state index in [2.05, 4.69) is 21.2 Å². The Hall–Kier alpha value is -2.86. The lowest BCUT2D eigenvalue weighted by molar-refractivity contribution is 0.0965. The minimum Gasteiger partial charge on any atom is -0.444 e. The minimum atomic E-state index is -0.341. The molecule has 2 aromatic carbocycles. The Morgan fingerprint density at radius 2 is 1.74 bits per heavy atom. The highest BCUT2D eigenvalue weighted by atomic mass is 79.9. The number of para-hydroxylation sites is 1. The van der Waals surface area contributed by atoms with Crippen LogP contribution in [0.5, 0.6) is 0 Å². The molecule has 27 heavy (non-hydrogen) atoms. The Kier molecular flexibility index (Phi) is 5.46. The summed E-state index contributed by atoms with van der Waals surface area (Å²) in [6, 6.07) is 15.9. The highest BCUT2D eigenvalue weighted by Crippen LogP contribution is 2.24. The SMILES string of the molecule is Cc1ccc(NC(=O)c2ccccc2N(C)C(=O)c2ccc(Br)o2)cc1C. The van der Waals surface area contributed by atoms with Gasteiger partial charge in [0.05, 0.1) is 11.3 Å². The molecule has 0 saturated heterocycles. The summed E-state index contributed by atoms with van der Waals surface area (Å²) in [5.74, 6) is -0.435. The standard InChI is InChI=1S/C21H19BrN2O3/c1-13-8-9-15(12-14(13)2)23-20(25)16-6-4-5-7-17(16)24(3)21(26)18-10-11-19(22)27-18/h4-12H,1-3H3,(H,23,25). The molecule has 138 valence electrons. The molecule has 0 radical (unpaired) electrons. The number of carbonyl (C=O) groups excluding carboxylic acids is 2. The van der Waals surface area contributed by atoms with Crippen LogP contribution >= 0.6 is 15.9 Å². The van der Waals surface area contributed by atoms with Gasteiger partial charge in [-0.3, -0.25) is 9.59 Å². The number of hydrogen-bond donors (Lipinski definition) is 1. The number of furan rings is 1. The Morgan fingerprint density at radius 3 is 2.41 bits per heavy atom. The molecule has 0 aliphatic heterocycles. The first kappa shape index (κ1) is 18.9. The van der Waals surface area contributed by atoms with Crippen molar-refractivity contribution < 1.29 is 14.0 Å². The van der Waals surface area contributed by atoms with E-state index in [9.17, 15) is 9.59 Å². The van der Waals surface area contributed by atoms with Crippen LogP contribution in [0.3, 0.4) is 0 Å². The topological polar surface area (TPSA) is 62.6 Å². The second-order valence-corrected chi connectivity index (χ2v) is 7.02. The van der Waals surface area contributed by atoms with Crippen LogP contribution in [0.15, 0.2) is 63.7 Å². The summed E-state index contributed by atoms with van der Waals surface area (Å²) < 4.78 is 5.81. The highest BCUT2D eigenvalue weighted by molar-refractivity contribution is 9.10. The fourth-order valence-corrected chi connectivity index (χ4v) is 2.99. The maximum absolute atomic E-state index is 12.8. The van der Waals surface area contributed by atoms with Crippen LogP contribution in [0.25, 0.3) is 0 Å². The van der Waals surface area contributed by atoms with Crippen molar-refractivity contribution in [3.05, 3.63) is 81.7 Å². The van der Waals surface area contributed by atoms with Gasteiger partial charge in [-0.1, -0.05) is 18.2 Å². The van der Waals surface area contributed by atoms with Gasteiger partial charge in [-0.2, -0.15) is 0 Å². The van der Waals surface area contributed by atoms with Crippen molar-refractivity contribution >= 4 is 39.1 Å². The quantitative estimate of drug-likeness (QED) is 0.624. The number of nitrogens with one attached hydrogen (secondary N) is 1. The molecule has 1 N–H and O–H groups in total. The molecule has 0 bridgehead atoms. The lowest BCUT2D eigenvalue weighted by Crippen LogP contribution is -2.28. The van der Waals surface area contributed by atoms with E-state index in [1.165, 1.54) is 4.90 Å². The predicted octanol–water partition coefficient (Wildman–Crippen LogP) is 5.19. The molecule has 3 rings (SSSR count). The largest absolute Gasteiger partial charge is 0.444 e. The van der Waals surface area contributed by atoms with Gasteiger partial charge in [0, 0.05) is 12.7 Å². The van der Waals surface area contributed by atoms with Crippen LogP contribution in [0.4, 0.5) is 11.4 Å². The van der Waals surface area contributed by atoms with Gasteiger partial charge in [0.25, 0.3) is 11.8 Å². The van der Waals surface area contributed by atoms with Gasteiger partial charge in [-0.05, 0) is 77.3 Å². The van der Waals surface area contributed by atoms with Crippen molar-refractivity contribution in [2.24, 2.45) is 0 Å². The molecule has 1 aromatic heterocycles. The smallest absolute Gasteiger partial charge is 0.293 e. The molecule has 0 aliphatic carbocycles. The Labute approximate surface area is 166 Å². The number of carbonyl (C=O) groups is 2. The fourth-order valence-electron chi connectivity index (χ4n) is 2.68. The van der Waals surface area contributed by atoms with E-state index in [-0.39, 0.29) is 17.6 Å². The molecule has 0 aliphatic rings. The second-order valence-electron chi connectivity index (χ2n) is 6.24. The number of amides is 2. The summed E-state index contributed by atoms with van der Waals surface area (Å²) >= 11 is 3.19. The fraction of sp³-hybridized carbons (Fsp3) is 0.143. The third-order valence-corrected chi connectivity index (χ3v) is 4.79. The molecular formula is C21H19BrN2O3. The van der Waals surface area contributed by atoms with Gasteiger partial charge in [-0.25, -0.2) is 0 Å². The third-order valence-electron chi connectivity index (χ3n) is 4.36. The van der Waals surface area contributed by atoms with Crippen LogP contribution in [-0.2, 0) is 0 Å². The first-order valence-electron chi connectivity index (χ1n) is 8.38. The summed E-state index contributed by atoms with van der Waals surface area (Å²) in [5.41, 5.74) is 3.86. The van der Waals surface area contributed by atoms with E-state index in [1.54, 1.807) is 43.4 Å². The number of anilines is 2. The second kappa shape index (κ2) is 7.80. The number of aryl methyl sites for hydroxylation is 2. The zero-order valence-electron chi connectivity index (χ0n) is 15.2. The normalized spacial score (nSPS) is 10.5. The van der Waals surface area contributed by atoms with Crippen molar-refractivity contribution in [2.75, 3.05) is 17.3 Å². The number of rotatable bonds is 4. The molecule has 2 amide bonds. The van der Waals surface area contributed by atoms with Gasteiger partial charge in [0.15, 0.2) is 10.4 Å². The van der Waals surface area contributed by atoms with Crippen molar-refractivity contribution in [1.29, 1.82) is 0 Å². The van der Waals surface area contributed by atoms with E-state index in [4.69, 9.17) is 4.42 Å². The first-order valence-corrected chi connectivity index (χ1v) is 9.17. The van der Waals surface area contributed by atoms with Crippen molar-refractivity contribution in [3.63, 3.8) is 0 Å². The van der Waals surface area contributed by atoms with E-state index in [0.717, 1.165) is 11.1 Å². The molecular weight excluding hydrogens is 408 g/mol. The monoisotopic (exact) mass is 426 g/mol. The average Bonchev–Trinajstić information content (AvgIpc) is 3.10. The molecule has 0 saturated carbocycles. The number of benzene rings is 2. The number of nitrogens with zero attached hydrogens (tertiary/aromatic N) is 1. The Morgan fingerprint density at radius 1 is 1.00 bits per heavy atom. The molecule has 1 heterocycles. The molecule has 5 nitrogen and oxygen atoms in total. The Bertz CT molecular complexity index is 1010. The van der Waals surface area contributed by atoms with Crippen LogP contribution in [0, 0.1) is 13.8 Å². The van der Waals surface area contributed by atoms with Crippen molar-refractivity contribution in [2.45, 2.75) is 13.8 Å². The van der Waals surface area contributed by atoms with Crippen molar-refractivity contribution in [3.8, 4) is 0 Å². The van der Waals surface area contributed by atoms with Crippen LogP contribution in [0.2, 0.25) is 0 Å². The summed E-state index contributed by atoms with van der Waals surface area (Å²) in [7, 11) is 1.61. The Balaban J connectivity index is 1.87. The van der Waals surface area contributed by atoms with Gasteiger partial charge in [0.1, 0.15) is 0 Å². The highest BCUT2D eigenvalue weighted by Gasteiger charge is 2.22. The molecule has 0 spiro atoms. The average molecular weight is 427 g/mol. The van der Waals surface area contributed by atoms with Crippen LogP contribution in [0.1, 0.15) is 32.0 Å². The maximum Gasteiger partial charge on any atom is 0.293 e. The first-order chi connectivity index (χ1) is 12.9. The summed E-state index contributed by atoms with van der Waals surface area (Å²) in [5, 5.41) is 2.90. The van der Waals surface area contributed by atoms with Gasteiger partial charge in [-0.15, -0.1) is 0 Å². The van der Waals surface area contributed by atoms with E-state index in [1.807, 2.05) is 32.0 Å². The lowest BCUT2D eigenvalue weighted by Gasteiger charge is -2.19. The van der Waals surface area contributed by atoms with E-state index < -0.39 is 0 Å². The van der Waals surface area contributed by atoms with E-state index in [0.29, 0.717) is 21.6 Å². The molecule has 0 unspecified atom stereocenters. The van der Waals surface area contributed by atoms with E-state index >= 15 is 0 Å². The predicted molar refractivity (Wildman–Crippen MR) is 109 cm³/mol. The van der Waals surface area contributed by atoms with Crippen LogP contribution in [-0.4, -0.2) is 18.9 Å². The summed E-state index contributed by atoms with van der Waals surface area (Å²) in [6.45, 7) is 4.01.